The summed E-state index contributed by atoms with van der Waals surface area (Å²) in [5.41, 5.74) is 13.5. The monoisotopic (exact) mass is 369 g/mol. The molecule has 7 nitrogen and oxygen atoms in total. The fraction of sp³-hybridized carbons (Fsp3) is 0.450. The lowest BCUT2D eigenvalue weighted by molar-refractivity contribution is 0.576. The number of fused-ring (bicyclic) bond motifs is 3. The van der Waals surface area contributed by atoms with Gasteiger partial charge in [-0.3, -0.25) is 5.41 Å². The van der Waals surface area contributed by atoms with Gasteiger partial charge in [0.15, 0.2) is 5.82 Å². The predicted molar refractivity (Wildman–Crippen MR) is 114 cm³/mol. The Kier molecular flexibility index (Phi) is 8.00. The first-order valence-electron chi connectivity index (χ1n) is 9.56. The molecule has 0 aliphatic carbocycles. The lowest BCUT2D eigenvalue weighted by Crippen LogP contribution is -2.10. The maximum absolute atomic E-state index is 6.21. The number of imidazole rings is 1. The number of aryl methyl sites for hydroxylation is 2. The zero-order chi connectivity index (χ0) is 19.6. The van der Waals surface area contributed by atoms with E-state index in [-0.39, 0.29) is 0 Å². The standard InChI is InChI=1S/C19H27N5.CH4N2/c1-3-4-11-16-23-17-18(24(16)13-8-7-12-21-2)14-9-5-6-10-15(14)22-19(17)20;2-1-3/h5-6,9-10,21H,3-4,7-8,11-13H2,1-2H3,(H2,20,22);1H,(H3,2,3). The van der Waals surface area contributed by atoms with Crippen LogP contribution in [0.15, 0.2) is 24.3 Å². The van der Waals surface area contributed by atoms with Crippen LogP contribution in [0.3, 0.4) is 0 Å². The molecule has 0 bridgehead atoms. The van der Waals surface area contributed by atoms with Crippen LogP contribution in [0.2, 0.25) is 0 Å². The van der Waals surface area contributed by atoms with Crippen LogP contribution >= 0.6 is 0 Å². The zero-order valence-electron chi connectivity index (χ0n) is 16.3. The van der Waals surface area contributed by atoms with Gasteiger partial charge in [-0.15, -0.1) is 0 Å². The Hall–Kier alpha value is -2.67. The SMILES string of the molecule is CCCCc1nc2c(N)nc3ccccc3c2n1CCCCNC.N=CN. The molecule has 0 saturated heterocycles. The Bertz CT molecular complexity index is 870. The Morgan fingerprint density at radius 1 is 1.19 bits per heavy atom. The maximum Gasteiger partial charge on any atom is 0.152 e. The summed E-state index contributed by atoms with van der Waals surface area (Å²) in [7, 11) is 2.00. The number of anilines is 1. The van der Waals surface area contributed by atoms with E-state index in [9.17, 15) is 0 Å². The first kappa shape index (κ1) is 20.6. The third-order valence-corrected chi connectivity index (χ3v) is 4.50. The number of pyridine rings is 1. The van der Waals surface area contributed by atoms with Crippen molar-refractivity contribution in [3.8, 4) is 0 Å². The highest BCUT2D eigenvalue weighted by atomic mass is 15.1. The molecule has 146 valence electrons. The van der Waals surface area contributed by atoms with E-state index in [0.717, 1.165) is 79.3 Å². The smallest absolute Gasteiger partial charge is 0.152 e. The molecule has 0 fully saturated rings. The van der Waals surface area contributed by atoms with Crippen LogP contribution in [0.4, 0.5) is 5.82 Å². The normalized spacial score (nSPS) is 10.7. The summed E-state index contributed by atoms with van der Waals surface area (Å²) >= 11 is 0. The first-order valence-corrected chi connectivity index (χ1v) is 9.56. The number of nitrogen functional groups attached to an aromatic ring is 1. The van der Waals surface area contributed by atoms with Crippen molar-refractivity contribution >= 4 is 34.1 Å². The van der Waals surface area contributed by atoms with Gasteiger partial charge in [-0.2, -0.15) is 0 Å². The minimum atomic E-state index is 0.537. The molecule has 7 heteroatoms. The molecule has 3 aromatic rings. The van der Waals surface area contributed by atoms with E-state index in [0.29, 0.717) is 5.82 Å². The summed E-state index contributed by atoms with van der Waals surface area (Å²) in [6, 6.07) is 8.21. The molecule has 1 aromatic carbocycles. The number of benzene rings is 1. The van der Waals surface area contributed by atoms with Crippen LogP contribution in [0.25, 0.3) is 21.9 Å². The van der Waals surface area contributed by atoms with Crippen molar-refractivity contribution in [2.45, 2.75) is 45.6 Å². The van der Waals surface area contributed by atoms with Crippen LogP contribution in [0.5, 0.6) is 0 Å². The maximum atomic E-state index is 6.21. The molecule has 0 amide bonds. The topological polar surface area (TPSA) is 119 Å². The second-order valence-electron chi connectivity index (χ2n) is 6.47. The summed E-state index contributed by atoms with van der Waals surface area (Å²) in [4.78, 5) is 9.40. The van der Waals surface area contributed by atoms with Gasteiger partial charge < -0.3 is 21.4 Å². The van der Waals surface area contributed by atoms with Crippen LogP contribution in [-0.2, 0) is 13.0 Å². The fourth-order valence-electron chi connectivity index (χ4n) is 3.24. The molecule has 0 saturated carbocycles. The van der Waals surface area contributed by atoms with Crippen molar-refractivity contribution in [2.24, 2.45) is 5.73 Å². The highest BCUT2D eigenvalue weighted by molar-refractivity contribution is 6.06. The number of unbranched alkanes of at least 4 members (excludes halogenated alkanes) is 2. The summed E-state index contributed by atoms with van der Waals surface area (Å²) in [6.45, 7) is 4.23. The van der Waals surface area contributed by atoms with Crippen LogP contribution in [-0.4, -0.2) is 34.5 Å². The van der Waals surface area contributed by atoms with Crippen molar-refractivity contribution in [3.63, 3.8) is 0 Å². The molecular formula is C20H31N7. The Labute approximate surface area is 160 Å². The van der Waals surface area contributed by atoms with Crippen LogP contribution < -0.4 is 16.8 Å². The number of nitrogens with two attached hydrogens (primary N) is 2. The van der Waals surface area contributed by atoms with Crippen molar-refractivity contribution < 1.29 is 0 Å². The largest absolute Gasteiger partial charge is 0.390 e. The number of hydrogen-bond acceptors (Lipinski definition) is 5. The number of para-hydroxylation sites is 1. The molecule has 2 aromatic heterocycles. The van der Waals surface area contributed by atoms with E-state index in [4.69, 9.17) is 16.1 Å². The fourth-order valence-corrected chi connectivity index (χ4v) is 3.24. The summed E-state index contributed by atoms with van der Waals surface area (Å²) in [5.74, 6) is 1.68. The average Bonchev–Trinajstić information content (AvgIpc) is 3.04. The quantitative estimate of drug-likeness (QED) is 0.276. The van der Waals surface area contributed by atoms with Gasteiger partial charge in [0.2, 0.25) is 0 Å². The highest BCUT2D eigenvalue weighted by Gasteiger charge is 2.16. The van der Waals surface area contributed by atoms with Gasteiger partial charge in [0.25, 0.3) is 0 Å². The second kappa shape index (κ2) is 10.5. The van der Waals surface area contributed by atoms with Gasteiger partial charge >= 0.3 is 0 Å². The summed E-state index contributed by atoms with van der Waals surface area (Å²) in [5, 5.41) is 10.2. The molecular weight excluding hydrogens is 338 g/mol. The molecule has 0 aliphatic rings. The number of aromatic nitrogens is 3. The van der Waals surface area contributed by atoms with E-state index in [1.165, 1.54) is 0 Å². The summed E-state index contributed by atoms with van der Waals surface area (Å²) in [6.07, 6.45) is 6.33. The van der Waals surface area contributed by atoms with E-state index in [1.807, 2.05) is 19.2 Å². The van der Waals surface area contributed by atoms with Gasteiger partial charge in [0, 0.05) is 18.4 Å². The molecule has 0 spiro atoms. The molecule has 2 heterocycles. The second-order valence-corrected chi connectivity index (χ2v) is 6.47. The van der Waals surface area contributed by atoms with Crippen LogP contribution in [0.1, 0.15) is 38.4 Å². The average molecular weight is 370 g/mol. The molecule has 0 radical (unpaired) electrons. The molecule has 27 heavy (non-hydrogen) atoms. The minimum absolute atomic E-state index is 0.537. The Morgan fingerprint density at radius 2 is 1.93 bits per heavy atom. The molecule has 3 rings (SSSR count). The lowest BCUT2D eigenvalue weighted by Gasteiger charge is -2.11. The van der Waals surface area contributed by atoms with Gasteiger partial charge in [0.05, 0.1) is 17.4 Å². The Balaban J connectivity index is 0.000000817. The number of nitrogens with one attached hydrogen (secondary N) is 2. The zero-order valence-corrected chi connectivity index (χ0v) is 16.3. The van der Waals surface area contributed by atoms with Crippen molar-refractivity contribution in [1.82, 2.24) is 19.9 Å². The van der Waals surface area contributed by atoms with Crippen molar-refractivity contribution in [3.05, 3.63) is 30.1 Å². The third-order valence-electron chi connectivity index (χ3n) is 4.50. The predicted octanol–water partition coefficient (Wildman–Crippen LogP) is 3.06. The van der Waals surface area contributed by atoms with E-state index in [2.05, 4.69) is 39.7 Å². The van der Waals surface area contributed by atoms with Gasteiger partial charge in [-0.25, -0.2) is 9.97 Å². The van der Waals surface area contributed by atoms with Crippen LogP contribution in [0, 0.1) is 5.41 Å². The minimum Gasteiger partial charge on any atom is -0.390 e. The third kappa shape index (κ3) is 4.95. The van der Waals surface area contributed by atoms with Gasteiger partial charge in [0.1, 0.15) is 11.3 Å². The van der Waals surface area contributed by atoms with Gasteiger partial charge in [-0.1, -0.05) is 31.5 Å². The van der Waals surface area contributed by atoms with E-state index >= 15 is 0 Å². The number of nitrogens with zero attached hydrogens (tertiary/aromatic N) is 3. The van der Waals surface area contributed by atoms with E-state index < -0.39 is 0 Å². The molecule has 6 N–H and O–H groups in total. The number of hydrogen-bond donors (Lipinski definition) is 4. The van der Waals surface area contributed by atoms with E-state index in [1.54, 1.807) is 0 Å². The molecule has 0 unspecified atom stereocenters. The highest BCUT2D eigenvalue weighted by Crippen LogP contribution is 2.29. The lowest BCUT2D eigenvalue weighted by atomic mass is 10.2. The Morgan fingerprint density at radius 3 is 2.63 bits per heavy atom. The molecule has 0 atom stereocenters. The van der Waals surface area contributed by atoms with Gasteiger partial charge in [-0.05, 0) is 38.9 Å². The number of rotatable bonds is 8. The molecule has 0 aliphatic heterocycles. The summed E-state index contributed by atoms with van der Waals surface area (Å²) < 4.78 is 2.38. The first-order chi connectivity index (χ1) is 13.2. The van der Waals surface area contributed by atoms with Crippen molar-refractivity contribution in [1.29, 1.82) is 5.41 Å². The van der Waals surface area contributed by atoms with Crippen molar-refractivity contribution in [2.75, 3.05) is 19.3 Å².